The van der Waals surface area contributed by atoms with Gasteiger partial charge in [-0.25, -0.2) is 4.98 Å². The maximum atomic E-state index is 9.31. The number of hydrogen-bond acceptors (Lipinski definition) is 2. The summed E-state index contributed by atoms with van der Waals surface area (Å²) in [5.41, 5.74) is 2.94. The average molecular weight is 259 g/mol. The van der Waals surface area contributed by atoms with Crippen LogP contribution in [0.25, 0.3) is 16.9 Å². The number of nitrogens with zero attached hydrogens (tertiary/aromatic N) is 2. The van der Waals surface area contributed by atoms with Crippen molar-refractivity contribution in [3.05, 3.63) is 53.3 Å². The van der Waals surface area contributed by atoms with Crippen molar-refractivity contribution in [1.29, 1.82) is 0 Å². The molecule has 0 radical (unpaired) electrons. The molecule has 1 N–H and O–H groups in total. The predicted octanol–water partition coefficient (Wildman–Crippen LogP) is 3.67. The zero-order valence-corrected chi connectivity index (χ0v) is 10.5. The number of aromatic nitrogens is 2. The van der Waals surface area contributed by atoms with Crippen LogP contribution in [-0.2, 0) is 0 Å². The van der Waals surface area contributed by atoms with Crippen molar-refractivity contribution >= 4 is 17.1 Å². The van der Waals surface area contributed by atoms with Crippen LogP contribution in [0.4, 0.5) is 0 Å². The fourth-order valence-corrected chi connectivity index (χ4v) is 2.19. The lowest BCUT2D eigenvalue weighted by Gasteiger charge is -2.02. The fraction of sp³-hybridized carbons (Fsp3) is 0.0714. The highest BCUT2D eigenvalue weighted by Crippen LogP contribution is 2.27. The molecule has 0 aliphatic carbocycles. The Morgan fingerprint density at radius 1 is 1.17 bits per heavy atom. The van der Waals surface area contributed by atoms with Crippen LogP contribution in [0.3, 0.4) is 0 Å². The van der Waals surface area contributed by atoms with Crippen LogP contribution in [0.5, 0.6) is 5.75 Å². The number of phenolic OH excluding ortho intramolecular Hbond substituents is 1. The van der Waals surface area contributed by atoms with E-state index in [2.05, 4.69) is 4.98 Å². The van der Waals surface area contributed by atoms with Crippen LogP contribution in [0.2, 0.25) is 5.15 Å². The van der Waals surface area contributed by atoms with Gasteiger partial charge in [-0.15, -0.1) is 0 Å². The zero-order chi connectivity index (χ0) is 12.7. The van der Waals surface area contributed by atoms with Gasteiger partial charge in [0, 0.05) is 11.8 Å². The van der Waals surface area contributed by atoms with Crippen molar-refractivity contribution in [2.75, 3.05) is 0 Å². The second kappa shape index (κ2) is 4.03. The fourth-order valence-electron chi connectivity index (χ4n) is 1.97. The molecule has 90 valence electrons. The monoisotopic (exact) mass is 258 g/mol. The van der Waals surface area contributed by atoms with E-state index in [4.69, 9.17) is 11.6 Å². The molecule has 3 nitrogen and oxygen atoms in total. The molecule has 0 fully saturated rings. The zero-order valence-electron chi connectivity index (χ0n) is 9.76. The van der Waals surface area contributed by atoms with Gasteiger partial charge in [0.1, 0.15) is 11.6 Å². The van der Waals surface area contributed by atoms with Crippen LogP contribution in [0, 0.1) is 6.92 Å². The molecular weight excluding hydrogens is 248 g/mol. The van der Waals surface area contributed by atoms with E-state index in [0.29, 0.717) is 5.15 Å². The van der Waals surface area contributed by atoms with Crippen LogP contribution < -0.4 is 0 Å². The molecule has 0 amide bonds. The number of pyridine rings is 1. The summed E-state index contributed by atoms with van der Waals surface area (Å²) in [5, 5.41) is 9.79. The van der Waals surface area contributed by atoms with Crippen molar-refractivity contribution in [2.24, 2.45) is 0 Å². The van der Waals surface area contributed by atoms with Crippen LogP contribution >= 0.6 is 11.6 Å². The van der Waals surface area contributed by atoms with E-state index >= 15 is 0 Å². The van der Waals surface area contributed by atoms with Gasteiger partial charge in [-0.1, -0.05) is 11.6 Å². The molecule has 2 aromatic heterocycles. The summed E-state index contributed by atoms with van der Waals surface area (Å²) in [4.78, 5) is 4.38. The van der Waals surface area contributed by atoms with E-state index < -0.39 is 0 Å². The number of aromatic hydroxyl groups is 1. The van der Waals surface area contributed by atoms with Crippen LogP contribution in [0.15, 0.2) is 42.6 Å². The summed E-state index contributed by atoms with van der Waals surface area (Å²) in [6.45, 7) is 2.02. The van der Waals surface area contributed by atoms with Crippen molar-refractivity contribution in [3.63, 3.8) is 0 Å². The predicted molar refractivity (Wildman–Crippen MR) is 72.0 cm³/mol. The van der Waals surface area contributed by atoms with Gasteiger partial charge >= 0.3 is 0 Å². The van der Waals surface area contributed by atoms with E-state index in [9.17, 15) is 5.11 Å². The number of rotatable bonds is 1. The van der Waals surface area contributed by atoms with E-state index in [1.54, 1.807) is 12.1 Å². The largest absolute Gasteiger partial charge is 0.508 e. The Morgan fingerprint density at radius 3 is 2.61 bits per heavy atom. The standard InChI is InChI=1S/C14H11ClN2O/c1-9-6-7-17-12(8-9)13(15)16-14(17)10-2-4-11(18)5-3-10/h2-8,18H,1H3. The molecule has 1 aromatic carbocycles. The average Bonchev–Trinajstić information content (AvgIpc) is 2.68. The highest BCUT2D eigenvalue weighted by molar-refractivity contribution is 6.32. The second-order valence-corrected chi connectivity index (χ2v) is 4.59. The number of hydrogen-bond donors (Lipinski definition) is 1. The molecule has 3 rings (SSSR count). The summed E-state index contributed by atoms with van der Waals surface area (Å²) in [5.74, 6) is 1.01. The molecule has 3 aromatic rings. The number of phenols is 1. The molecule has 0 saturated heterocycles. The molecule has 2 heterocycles. The van der Waals surface area contributed by atoms with Crippen molar-refractivity contribution in [2.45, 2.75) is 6.92 Å². The summed E-state index contributed by atoms with van der Waals surface area (Å²) in [6.07, 6.45) is 1.95. The maximum absolute atomic E-state index is 9.31. The summed E-state index contributed by atoms with van der Waals surface area (Å²) in [7, 11) is 0. The topological polar surface area (TPSA) is 37.5 Å². The first kappa shape index (κ1) is 11.1. The third-order valence-corrected chi connectivity index (χ3v) is 3.16. The Balaban J connectivity index is 2.26. The number of fused-ring (bicyclic) bond motifs is 1. The molecule has 0 saturated carbocycles. The Hall–Kier alpha value is -2.00. The van der Waals surface area contributed by atoms with Crippen molar-refractivity contribution in [3.8, 4) is 17.1 Å². The van der Waals surface area contributed by atoms with Gasteiger partial charge in [-0.3, -0.25) is 4.40 Å². The van der Waals surface area contributed by atoms with E-state index in [1.165, 1.54) is 0 Å². The summed E-state index contributed by atoms with van der Waals surface area (Å²) >= 11 is 6.15. The van der Waals surface area contributed by atoms with E-state index in [1.807, 2.05) is 41.8 Å². The minimum atomic E-state index is 0.238. The molecule has 0 bridgehead atoms. The summed E-state index contributed by atoms with van der Waals surface area (Å²) in [6, 6.07) is 10.9. The third kappa shape index (κ3) is 1.73. The number of halogens is 1. The first-order valence-corrected chi connectivity index (χ1v) is 5.96. The Labute approximate surface area is 109 Å². The van der Waals surface area contributed by atoms with Crippen molar-refractivity contribution < 1.29 is 5.11 Å². The van der Waals surface area contributed by atoms with Crippen LogP contribution in [0.1, 0.15) is 5.56 Å². The van der Waals surface area contributed by atoms with Gasteiger partial charge in [-0.2, -0.15) is 0 Å². The Kier molecular flexibility index (Phi) is 2.49. The van der Waals surface area contributed by atoms with Gasteiger partial charge in [0.2, 0.25) is 0 Å². The molecule has 0 aliphatic heterocycles. The second-order valence-electron chi connectivity index (χ2n) is 4.23. The lowest BCUT2D eigenvalue weighted by molar-refractivity contribution is 0.475. The van der Waals surface area contributed by atoms with Gasteiger partial charge in [0.25, 0.3) is 0 Å². The quantitative estimate of drug-likeness (QED) is 0.723. The van der Waals surface area contributed by atoms with Crippen LogP contribution in [-0.4, -0.2) is 14.5 Å². The normalized spacial score (nSPS) is 11.0. The number of imidazole rings is 1. The van der Waals surface area contributed by atoms with Gasteiger partial charge < -0.3 is 5.11 Å². The molecule has 0 unspecified atom stereocenters. The minimum absolute atomic E-state index is 0.238. The molecule has 4 heteroatoms. The Morgan fingerprint density at radius 2 is 1.89 bits per heavy atom. The maximum Gasteiger partial charge on any atom is 0.155 e. The molecule has 0 atom stereocenters. The minimum Gasteiger partial charge on any atom is -0.508 e. The SMILES string of the molecule is Cc1ccn2c(-c3ccc(O)cc3)nc(Cl)c2c1. The smallest absolute Gasteiger partial charge is 0.155 e. The number of benzene rings is 1. The highest BCUT2D eigenvalue weighted by atomic mass is 35.5. The third-order valence-electron chi connectivity index (χ3n) is 2.88. The van der Waals surface area contributed by atoms with Gasteiger partial charge in [-0.05, 0) is 48.9 Å². The first-order chi connectivity index (χ1) is 8.65. The molecular formula is C14H11ClN2O. The Bertz CT molecular complexity index is 716. The molecule has 0 aliphatic rings. The lowest BCUT2D eigenvalue weighted by atomic mass is 10.2. The first-order valence-electron chi connectivity index (χ1n) is 5.59. The molecule has 18 heavy (non-hydrogen) atoms. The van der Waals surface area contributed by atoms with Gasteiger partial charge in [0.15, 0.2) is 5.15 Å². The van der Waals surface area contributed by atoms with Crippen molar-refractivity contribution in [1.82, 2.24) is 9.38 Å². The van der Waals surface area contributed by atoms with E-state index in [0.717, 1.165) is 22.5 Å². The lowest BCUT2D eigenvalue weighted by Crippen LogP contribution is -1.89. The summed E-state index contributed by atoms with van der Waals surface area (Å²) < 4.78 is 1.95. The van der Waals surface area contributed by atoms with E-state index in [-0.39, 0.29) is 5.75 Å². The van der Waals surface area contributed by atoms with Gasteiger partial charge in [0.05, 0.1) is 5.52 Å². The highest BCUT2D eigenvalue weighted by Gasteiger charge is 2.11. The number of aryl methyl sites for hydroxylation is 1. The molecule has 0 spiro atoms.